The number of nitrogens with zero attached hydrogens (tertiary/aromatic N) is 2. The largest absolute Gasteiger partial charge is 0.223 e. The van der Waals surface area contributed by atoms with Crippen LogP contribution < -0.4 is 0 Å². The first-order valence-corrected chi connectivity index (χ1v) is 10.2. The Labute approximate surface area is 168 Å². The lowest BCUT2D eigenvalue weighted by Gasteiger charge is -2.06. The van der Waals surface area contributed by atoms with Crippen LogP contribution in [0.2, 0.25) is 0 Å². The van der Waals surface area contributed by atoms with E-state index in [0.29, 0.717) is 0 Å². The summed E-state index contributed by atoms with van der Waals surface area (Å²) >= 11 is 4.02. The number of benzene rings is 3. The van der Waals surface area contributed by atoms with Crippen molar-refractivity contribution in [2.45, 2.75) is 0 Å². The van der Waals surface area contributed by atoms with Crippen molar-refractivity contribution in [3.8, 4) is 22.5 Å². The minimum absolute atomic E-state index is 0.760. The van der Waals surface area contributed by atoms with Crippen LogP contribution in [0, 0.1) is 3.83 Å². The van der Waals surface area contributed by atoms with Gasteiger partial charge in [-0.25, -0.2) is 9.97 Å². The average molecular weight is 464 g/mol. The van der Waals surface area contributed by atoms with Crippen molar-refractivity contribution in [1.29, 1.82) is 0 Å². The van der Waals surface area contributed by atoms with Crippen LogP contribution in [0.4, 0.5) is 0 Å². The molecule has 3 aromatic carbocycles. The molecule has 2 heterocycles. The van der Waals surface area contributed by atoms with Crippen molar-refractivity contribution in [2.75, 3.05) is 0 Å². The zero-order valence-corrected chi connectivity index (χ0v) is 16.7. The Kier molecular flexibility index (Phi) is 3.94. The molecular formula is C22H13IN2S. The molecule has 0 spiro atoms. The van der Waals surface area contributed by atoms with Gasteiger partial charge in [0.05, 0.1) is 11.4 Å². The molecule has 124 valence electrons. The molecule has 0 bridgehead atoms. The van der Waals surface area contributed by atoms with Crippen LogP contribution >= 0.6 is 33.9 Å². The number of fused-ring (bicyclic) bond motifs is 3. The Morgan fingerprint density at radius 2 is 1.31 bits per heavy atom. The van der Waals surface area contributed by atoms with Gasteiger partial charge in [0.25, 0.3) is 0 Å². The molecule has 0 saturated carbocycles. The number of halogens is 1. The van der Waals surface area contributed by atoms with Crippen molar-refractivity contribution in [1.82, 2.24) is 9.97 Å². The van der Waals surface area contributed by atoms with E-state index in [1.54, 1.807) is 0 Å². The van der Waals surface area contributed by atoms with Crippen LogP contribution in [-0.4, -0.2) is 9.97 Å². The highest BCUT2D eigenvalue weighted by Crippen LogP contribution is 2.36. The smallest absolute Gasteiger partial charge is 0.191 e. The predicted octanol–water partition coefficient (Wildman–Crippen LogP) is 6.78. The molecule has 0 aliphatic rings. The molecule has 0 saturated heterocycles. The number of rotatable bonds is 2. The van der Waals surface area contributed by atoms with Gasteiger partial charge >= 0.3 is 0 Å². The van der Waals surface area contributed by atoms with Gasteiger partial charge in [-0.05, 0) is 18.2 Å². The Morgan fingerprint density at radius 1 is 0.615 bits per heavy atom. The molecule has 4 heteroatoms. The number of hydrogen-bond acceptors (Lipinski definition) is 3. The molecular weight excluding hydrogens is 451 g/mol. The standard InChI is InChI=1S/C22H13IN2S/c23-22-24-18(14-6-2-1-3-7-14)13-19(25-22)15-10-11-17-16-8-4-5-9-20(16)26-21(17)12-15/h1-13H. The molecule has 2 nitrogen and oxygen atoms in total. The van der Waals surface area contributed by atoms with E-state index in [1.807, 2.05) is 29.5 Å². The van der Waals surface area contributed by atoms with Crippen molar-refractivity contribution in [3.63, 3.8) is 0 Å². The highest BCUT2D eigenvalue weighted by Gasteiger charge is 2.10. The van der Waals surface area contributed by atoms with E-state index in [1.165, 1.54) is 20.2 Å². The summed E-state index contributed by atoms with van der Waals surface area (Å²) in [7, 11) is 0. The SMILES string of the molecule is Ic1nc(-c2ccccc2)cc(-c2ccc3c(c2)sc2ccccc23)n1. The van der Waals surface area contributed by atoms with E-state index < -0.39 is 0 Å². The van der Waals surface area contributed by atoms with E-state index >= 15 is 0 Å². The molecule has 5 rings (SSSR count). The van der Waals surface area contributed by atoms with Gasteiger partial charge in [-0.3, -0.25) is 0 Å². The lowest BCUT2D eigenvalue weighted by atomic mass is 10.1. The fourth-order valence-corrected chi connectivity index (χ4v) is 4.87. The molecule has 0 unspecified atom stereocenters. The number of aromatic nitrogens is 2. The van der Waals surface area contributed by atoms with Crippen LogP contribution in [0.5, 0.6) is 0 Å². The van der Waals surface area contributed by atoms with Crippen LogP contribution in [0.15, 0.2) is 78.9 Å². The first-order valence-electron chi connectivity index (χ1n) is 8.30. The van der Waals surface area contributed by atoms with Crippen molar-refractivity contribution < 1.29 is 0 Å². The summed E-state index contributed by atoms with van der Waals surface area (Å²) < 4.78 is 3.37. The van der Waals surface area contributed by atoms with Gasteiger partial charge < -0.3 is 0 Å². The Morgan fingerprint density at radius 3 is 2.15 bits per heavy atom. The van der Waals surface area contributed by atoms with Gasteiger partial charge in [-0.1, -0.05) is 60.7 Å². The van der Waals surface area contributed by atoms with Gasteiger partial charge in [0.2, 0.25) is 0 Å². The summed E-state index contributed by atoms with van der Waals surface area (Å²) in [5.74, 6) is 0. The average Bonchev–Trinajstić information content (AvgIpc) is 3.06. The van der Waals surface area contributed by atoms with Crippen LogP contribution in [0.25, 0.3) is 42.7 Å². The van der Waals surface area contributed by atoms with E-state index in [2.05, 4.69) is 93.2 Å². The minimum Gasteiger partial charge on any atom is -0.223 e. The topological polar surface area (TPSA) is 25.8 Å². The van der Waals surface area contributed by atoms with E-state index in [4.69, 9.17) is 0 Å². The zero-order valence-electron chi connectivity index (χ0n) is 13.7. The van der Waals surface area contributed by atoms with Crippen LogP contribution in [0.1, 0.15) is 0 Å². The number of hydrogen-bond donors (Lipinski definition) is 0. The normalized spacial score (nSPS) is 11.3. The maximum absolute atomic E-state index is 4.67. The first kappa shape index (κ1) is 15.9. The summed E-state index contributed by atoms with van der Waals surface area (Å²) in [4.78, 5) is 9.28. The highest BCUT2D eigenvalue weighted by atomic mass is 127. The molecule has 0 N–H and O–H groups in total. The lowest BCUT2D eigenvalue weighted by molar-refractivity contribution is 1.12. The molecule has 0 fully saturated rings. The molecule has 2 aromatic heterocycles. The van der Waals surface area contributed by atoms with Gasteiger partial charge in [-0.15, -0.1) is 11.3 Å². The molecule has 0 aliphatic carbocycles. The molecule has 0 radical (unpaired) electrons. The quantitative estimate of drug-likeness (QED) is 0.213. The molecule has 0 atom stereocenters. The molecule has 26 heavy (non-hydrogen) atoms. The second-order valence-electron chi connectivity index (χ2n) is 6.08. The van der Waals surface area contributed by atoms with Crippen LogP contribution in [-0.2, 0) is 0 Å². The Balaban J connectivity index is 1.67. The third kappa shape index (κ3) is 2.79. The monoisotopic (exact) mass is 464 g/mol. The molecule has 0 aliphatic heterocycles. The fraction of sp³-hybridized carbons (Fsp3) is 0. The van der Waals surface area contributed by atoms with E-state index in [-0.39, 0.29) is 0 Å². The third-order valence-corrected chi connectivity index (χ3v) is 6.06. The molecule has 5 aromatic rings. The number of thiophene rings is 1. The summed E-state index contributed by atoms with van der Waals surface area (Å²) in [5, 5.41) is 2.63. The maximum atomic E-state index is 4.67. The van der Waals surface area contributed by atoms with Crippen molar-refractivity contribution in [3.05, 3.63) is 82.7 Å². The van der Waals surface area contributed by atoms with Crippen molar-refractivity contribution >= 4 is 54.1 Å². The summed E-state index contributed by atoms with van der Waals surface area (Å²) in [5.41, 5.74) is 4.15. The fourth-order valence-electron chi connectivity index (χ4n) is 3.21. The highest BCUT2D eigenvalue weighted by molar-refractivity contribution is 14.1. The van der Waals surface area contributed by atoms with E-state index in [9.17, 15) is 0 Å². The van der Waals surface area contributed by atoms with Gasteiger partial charge in [0, 0.05) is 53.9 Å². The minimum atomic E-state index is 0.760. The molecule has 0 amide bonds. The Hall–Kier alpha value is -2.31. The van der Waals surface area contributed by atoms with E-state index in [0.717, 1.165) is 26.3 Å². The van der Waals surface area contributed by atoms with Gasteiger partial charge in [-0.2, -0.15) is 0 Å². The second kappa shape index (κ2) is 6.45. The second-order valence-corrected chi connectivity index (χ2v) is 8.13. The van der Waals surface area contributed by atoms with Crippen molar-refractivity contribution in [2.24, 2.45) is 0 Å². The first-order chi connectivity index (χ1) is 12.8. The lowest BCUT2D eigenvalue weighted by Crippen LogP contribution is -1.94. The van der Waals surface area contributed by atoms with Gasteiger partial charge in [0.15, 0.2) is 3.83 Å². The summed E-state index contributed by atoms with van der Waals surface area (Å²) in [6.45, 7) is 0. The van der Waals surface area contributed by atoms with Crippen LogP contribution in [0.3, 0.4) is 0 Å². The zero-order chi connectivity index (χ0) is 17.5. The summed E-state index contributed by atoms with van der Waals surface area (Å²) in [6, 6.07) is 27.5. The Bertz CT molecular complexity index is 1250. The summed E-state index contributed by atoms with van der Waals surface area (Å²) in [6.07, 6.45) is 0. The van der Waals surface area contributed by atoms with Gasteiger partial charge in [0.1, 0.15) is 0 Å². The predicted molar refractivity (Wildman–Crippen MR) is 119 cm³/mol. The third-order valence-electron chi connectivity index (χ3n) is 4.44. The maximum Gasteiger partial charge on any atom is 0.191 e.